The van der Waals surface area contributed by atoms with Gasteiger partial charge < -0.3 is 25.2 Å². The lowest BCUT2D eigenvalue weighted by atomic mass is 10.2. The first-order valence-corrected chi connectivity index (χ1v) is 9.23. The molecule has 0 atom stereocenters. The smallest absolute Gasteiger partial charge is 0.319 e. The molecule has 0 radical (unpaired) electrons. The fourth-order valence-electron chi connectivity index (χ4n) is 3.14. The molecule has 7 nitrogen and oxygen atoms in total. The fraction of sp³-hybridized carbons (Fsp3) is 0.400. The summed E-state index contributed by atoms with van der Waals surface area (Å²) in [5, 5.41) is 5.59. The van der Waals surface area contributed by atoms with Crippen LogP contribution in [0, 0.1) is 0 Å². The van der Waals surface area contributed by atoms with Gasteiger partial charge in [-0.1, -0.05) is 12.1 Å². The van der Waals surface area contributed by atoms with E-state index in [2.05, 4.69) is 31.5 Å². The molecule has 0 saturated carbocycles. The number of piperazine rings is 1. The summed E-state index contributed by atoms with van der Waals surface area (Å²) in [7, 11) is 1.70. The van der Waals surface area contributed by atoms with Crippen LogP contribution in [0.1, 0.15) is 13.8 Å². The predicted octanol–water partition coefficient (Wildman–Crippen LogP) is 2.95. The summed E-state index contributed by atoms with van der Waals surface area (Å²) in [5.41, 5.74) is 1.81. The molecule has 7 heteroatoms. The monoisotopic (exact) mass is 369 g/mol. The van der Waals surface area contributed by atoms with Gasteiger partial charge in [0.2, 0.25) is 0 Å². The van der Waals surface area contributed by atoms with Crippen molar-refractivity contribution in [2.45, 2.75) is 19.9 Å². The number of hydrogen-bond donors (Lipinski definition) is 2. The highest BCUT2D eigenvalue weighted by Gasteiger charge is 2.20. The zero-order valence-electron chi connectivity index (χ0n) is 16.1. The van der Waals surface area contributed by atoms with Crippen LogP contribution in [0.5, 0.6) is 5.75 Å². The number of benzene rings is 1. The van der Waals surface area contributed by atoms with Crippen molar-refractivity contribution in [3.63, 3.8) is 0 Å². The van der Waals surface area contributed by atoms with E-state index in [9.17, 15) is 4.79 Å². The zero-order valence-corrected chi connectivity index (χ0v) is 16.1. The molecule has 0 unspecified atom stereocenters. The number of nitrogens with one attached hydrogen (secondary N) is 2. The Morgan fingerprint density at radius 2 is 1.78 bits per heavy atom. The van der Waals surface area contributed by atoms with E-state index < -0.39 is 0 Å². The Labute approximate surface area is 160 Å². The van der Waals surface area contributed by atoms with Gasteiger partial charge in [-0.25, -0.2) is 9.78 Å². The molecule has 1 aliphatic rings. The van der Waals surface area contributed by atoms with Crippen LogP contribution in [0.25, 0.3) is 0 Å². The van der Waals surface area contributed by atoms with Crippen LogP contribution < -0.4 is 25.2 Å². The van der Waals surface area contributed by atoms with E-state index in [1.807, 2.05) is 44.2 Å². The van der Waals surface area contributed by atoms with Crippen molar-refractivity contribution in [3.05, 3.63) is 42.6 Å². The van der Waals surface area contributed by atoms with E-state index in [1.165, 1.54) is 0 Å². The van der Waals surface area contributed by atoms with Crippen LogP contribution in [-0.4, -0.2) is 50.3 Å². The van der Waals surface area contributed by atoms with Crippen LogP contribution >= 0.6 is 0 Å². The Morgan fingerprint density at radius 3 is 2.41 bits per heavy atom. The van der Waals surface area contributed by atoms with E-state index in [0.29, 0.717) is 5.69 Å². The summed E-state index contributed by atoms with van der Waals surface area (Å²) >= 11 is 0. The van der Waals surface area contributed by atoms with Crippen molar-refractivity contribution >= 4 is 23.2 Å². The molecule has 1 aromatic heterocycles. The third-order valence-electron chi connectivity index (χ3n) is 4.46. The molecule has 2 heterocycles. The number of carbonyl (C=O) groups excluding carboxylic acids is 1. The molecule has 0 bridgehead atoms. The van der Waals surface area contributed by atoms with Gasteiger partial charge in [0.25, 0.3) is 0 Å². The quantitative estimate of drug-likeness (QED) is 0.848. The van der Waals surface area contributed by atoms with Gasteiger partial charge in [0.05, 0.1) is 24.7 Å². The normalized spacial score (nSPS) is 14.2. The Bertz CT molecular complexity index is 755. The second-order valence-corrected chi connectivity index (χ2v) is 6.80. The third kappa shape index (κ3) is 4.81. The topological polar surface area (TPSA) is 69.7 Å². The third-order valence-corrected chi connectivity index (χ3v) is 4.46. The van der Waals surface area contributed by atoms with Gasteiger partial charge in [-0.15, -0.1) is 0 Å². The lowest BCUT2D eigenvalue weighted by Gasteiger charge is -2.37. The molecule has 2 aromatic rings. The first kappa shape index (κ1) is 18.8. The average Bonchev–Trinajstić information content (AvgIpc) is 2.68. The van der Waals surface area contributed by atoms with Gasteiger partial charge in [0.15, 0.2) is 0 Å². The number of aromatic nitrogens is 1. The summed E-state index contributed by atoms with van der Waals surface area (Å²) in [6.45, 7) is 7.41. The number of ether oxygens (including phenoxy) is 1. The summed E-state index contributed by atoms with van der Waals surface area (Å²) in [4.78, 5) is 20.9. The zero-order chi connectivity index (χ0) is 19.2. The molecule has 0 spiro atoms. The van der Waals surface area contributed by atoms with Crippen LogP contribution in [0.4, 0.5) is 22.0 Å². The summed E-state index contributed by atoms with van der Waals surface area (Å²) < 4.78 is 5.47. The van der Waals surface area contributed by atoms with Gasteiger partial charge in [-0.2, -0.15) is 0 Å². The molecule has 1 saturated heterocycles. The molecule has 0 aliphatic carbocycles. The molecule has 1 aliphatic heterocycles. The Balaban J connectivity index is 1.57. The number of rotatable bonds is 5. The van der Waals surface area contributed by atoms with Crippen LogP contribution in [-0.2, 0) is 0 Å². The van der Waals surface area contributed by atoms with Gasteiger partial charge in [-0.3, -0.25) is 0 Å². The minimum absolute atomic E-state index is 0.0942. The number of nitrogens with zero attached hydrogens (tertiary/aromatic N) is 3. The standard InChI is InChI=1S/C20H27N5O2/c1-15(2)22-20(26)23-16-8-9-19(21-14-16)25-12-10-24(11-13-25)17-6-4-5-7-18(17)27-3/h4-9,14-15H,10-13H2,1-3H3,(H2,22,23,26). The minimum Gasteiger partial charge on any atom is -0.495 e. The van der Waals surface area contributed by atoms with Crippen molar-refractivity contribution in [2.24, 2.45) is 0 Å². The number of anilines is 3. The van der Waals surface area contributed by atoms with Crippen LogP contribution in [0.3, 0.4) is 0 Å². The highest BCUT2D eigenvalue weighted by atomic mass is 16.5. The molecular weight excluding hydrogens is 342 g/mol. The number of para-hydroxylation sites is 2. The fourth-order valence-corrected chi connectivity index (χ4v) is 3.14. The number of pyridine rings is 1. The van der Waals surface area contributed by atoms with Gasteiger partial charge in [-0.05, 0) is 38.1 Å². The molecule has 1 fully saturated rings. The van der Waals surface area contributed by atoms with Crippen molar-refractivity contribution in [1.82, 2.24) is 10.3 Å². The van der Waals surface area contributed by atoms with Gasteiger partial charge in [0, 0.05) is 32.2 Å². The summed E-state index contributed by atoms with van der Waals surface area (Å²) in [6, 6.07) is 11.8. The van der Waals surface area contributed by atoms with Crippen molar-refractivity contribution in [3.8, 4) is 5.75 Å². The molecule has 3 rings (SSSR count). The molecule has 27 heavy (non-hydrogen) atoms. The molecular formula is C20H27N5O2. The van der Waals surface area contributed by atoms with Gasteiger partial charge in [0.1, 0.15) is 11.6 Å². The Kier molecular flexibility index (Phi) is 6.01. The first-order chi connectivity index (χ1) is 13.1. The first-order valence-electron chi connectivity index (χ1n) is 9.23. The van der Waals surface area contributed by atoms with Crippen LogP contribution in [0.15, 0.2) is 42.6 Å². The number of methoxy groups -OCH3 is 1. The maximum atomic E-state index is 11.8. The second-order valence-electron chi connectivity index (χ2n) is 6.80. The van der Waals surface area contributed by atoms with E-state index in [-0.39, 0.29) is 12.1 Å². The van der Waals surface area contributed by atoms with Gasteiger partial charge >= 0.3 is 6.03 Å². The molecule has 2 N–H and O–H groups in total. The van der Waals surface area contributed by atoms with E-state index in [1.54, 1.807) is 13.3 Å². The number of hydrogen-bond acceptors (Lipinski definition) is 5. The number of carbonyl (C=O) groups is 1. The van der Waals surface area contributed by atoms with E-state index >= 15 is 0 Å². The molecule has 144 valence electrons. The molecule has 1 aromatic carbocycles. The minimum atomic E-state index is -0.218. The summed E-state index contributed by atoms with van der Waals surface area (Å²) in [6.07, 6.45) is 1.70. The maximum Gasteiger partial charge on any atom is 0.319 e. The Morgan fingerprint density at radius 1 is 1.07 bits per heavy atom. The summed E-state index contributed by atoms with van der Waals surface area (Å²) in [5.74, 6) is 1.82. The van der Waals surface area contributed by atoms with Crippen LogP contribution in [0.2, 0.25) is 0 Å². The predicted molar refractivity (Wildman–Crippen MR) is 109 cm³/mol. The largest absolute Gasteiger partial charge is 0.495 e. The maximum absolute atomic E-state index is 11.8. The highest BCUT2D eigenvalue weighted by molar-refractivity contribution is 5.89. The highest BCUT2D eigenvalue weighted by Crippen LogP contribution is 2.29. The molecule has 2 amide bonds. The lowest BCUT2D eigenvalue weighted by Crippen LogP contribution is -2.46. The van der Waals surface area contributed by atoms with Crippen molar-refractivity contribution < 1.29 is 9.53 Å². The number of amides is 2. The SMILES string of the molecule is COc1ccccc1N1CCN(c2ccc(NC(=O)NC(C)C)cn2)CC1. The van der Waals surface area contributed by atoms with Crippen molar-refractivity contribution in [1.29, 1.82) is 0 Å². The average molecular weight is 369 g/mol. The van der Waals surface area contributed by atoms with E-state index in [4.69, 9.17) is 4.74 Å². The second kappa shape index (κ2) is 8.62. The number of urea groups is 1. The van der Waals surface area contributed by atoms with Crippen molar-refractivity contribution in [2.75, 3.05) is 48.4 Å². The van der Waals surface area contributed by atoms with E-state index in [0.717, 1.165) is 43.4 Å². The lowest BCUT2D eigenvalue weighted by molar-refractivity contribution is 0.250. The Hall–Kier alpha value is -2.96.